The molecule has 0 bridgehead atoms. The monoisotopic (exact) mass is 406 g/mol. The van der Waals surface area contributed by atoms with Gasteiger partial charge >= 0.3 is 7.12 Å². The lowest BCUT2D eigenvalue weighted by atomic mass is 9.81. The molecule has 28 heavy (non-hydrogen) atoms. The van der Waals surface area contributed by atoms with Gasteiger partial charge in [-0.2, -0.15) is 0 Å². The van der Waals surface area contributed by atoms with Gasteiger partial charge in [-0.3, -0.25) is 0 Å². The lowest BCUT2D eigenvalue weighted by molar-refractivity contribution is 0.00578. The van der Waals surface area contributed by atoms with Crippen molar-refractivity contribution in [3.8, 4) is 0 Å². The van der Waals surface area contributed by atoms with Crippen molar-refractivity contribution in [2.75, 3.05) is 5.75 Å². The molecule has 1 aliphatic heterocycles. The second-order valence-corrected chi connectivity index (χ2v) is 9.98. The van der Waals surface area contributed by atoms with Gasteiger partial charge in [-0.25, -0.2) is 9.97 Å². The average Bonchev–Trinajstić information content (AvgIpc) is 2.87. The maximum Gasteiger partial charge on any atom is 0.498 e. The van der Waals surface area contributed by atoms with E-state index in [2.05, 4.69) is 44.6 Å². The predicted molar refractivity (Wildman–Crippen MR) is 120 cm³/mol. The molecule has 0 atom stereocenters. The highest BCUT2D eigenvalue weighted by molar-refractivity contribution is 7.99. The number of hydrogen-bond acceptors (Lipinski definition) is 5. The third-order valence-corrected chi connectivity index (χ3v) is 6.86. The first-order valence-electron chi connectivity index (χ1n) is 11.2. The molecular formula is C22H39BN2O2S. The first-order chi connectivity index (χ1) is 13.4. The lowest BCUT2D eigenvalue weighted by Gasteiger charge is -2.32. The van der Waals surface area contributed by atoms with Crippen molar-refractivity contribution in [2.45, 2.75) is 115 Å². The Morgan fingerprint density at radius 2 is 1.25 bits per heavy atom. The van der Waals surface area contributed by atoms with Crippen LogP contribution in [0.2, 0.25) is 0 Å². The van der Waals surface area contributed by atoms with Crippen molar-refractivity contribution in [3.63, 3.8) is 0 Å². The maximum absolute atomic E-state index is 6.05. The van der Waals surface area contributed by atoms with Gasteiger partial charge in [-0.05, 0) is 34.1 Å². The highest BCUT2D eigenvalue weighted by Gasteiger charge is 2.51. The molecule has 0 N–H and O–H groups in total. The largest absolute Gasteiger partial charge is 0.498 e. The zero-order valence-corrected chi connectivity index (χ0v) is 19.4. The molecule has 0 aliphatic carbocycles. The molecule has 1 saturated heterocycles. The quantitative estimate of drug-likeness (QED) is 0.180. The Morgan fingerprint density at radius 3 is 1.75 bits per heavy atom. The number of nitrogens with zero attached hydrogens (tertiary/aromatic N) is 2. The van der Waals surface area contributed by atoms with Gasteiger partial charge in [-0.15, -0.1) is 0 Å². The zero-order chi connectivity index (χ0) is 20.5. The molecule has 0 spiro atoms. The molecule has 1 aliphatic rings. The fraction of sp³-hybridized carbons (Fsp3) is 0.818. The van der Waals surface area contributed by atoms with Crippen LogP contribution in [-0.4, -0.2) is 34.0 Å². The van der Waals surface area contributed by atoms with Crippen LogP contribution < -0.4 is 5.46 Å². The summed E-state index contributed by atoms with van der Waals surface area (Å²) in [6.45, 7) is 10.5. The van der Waals surface area contributed by atoms with Gasteiger partial charge in [0, 0.05) is 23.6 Å². The Labute approximate surface area is 177 Å². The van der Waals surface area contributed by atoms with Crippen molar-refractivity contribution in [1.82, 2.24) is 9.97 Å². The maximum atomic E-state index is 6.05. The van der Waals surface area contributed by atoms with Crippen LogP contribution in [0.3, 0.4) is 0 Å². The number of rotatable bonds is 13. The number of thioether (sulfide) groups is 1. The van der Waals surface area contributed by atoms with Gasteiger partial charge in [-0.1, -0.05) is 76.5 Å². The summed E-state index contributed by atoms with van der Waals surface area (Å²) < 4.78 is 12.1. The molecular weight excluding hydrogens is 367 g/mol. The molecule has 0 amide bonds. The van der Waals surface area contributed by atoms with E-state index in [9.17, 15) is 0 Å². The van der Waals surface area contributed by atoms with Crippen LogP contribution in [0.1, 0.15) is 98.8 Å². The second-order valence-electron chi connectivity index (χ2n) is 8.92. The van der Waals surface area contributed by atoms with Crippen LogP contribution in [0.5, 0.6) is 0 Å². The molecule has 2 rings (SSSR count). The number of unbranched alkanes of at least 4 members (excludes halogenated alkanes) is 9. The van der Waals surface area contributed by atoms with E-state index in [1.807, 2.05) is 12.4 Å². The molecule has 0 radical (unpaired) electrons. The van der Waals surface area contributed by atoms with E-state index in [0.29, 0.717) is 0 Å². The topological polar surface area (TPSA) is 44.2 Å². The molecule has 158 valence electrons. The Balaban J connectivity index is 1.57. The van der Waals surface area contributed by atoms with Crippen LogP contribution in [0.15, 0.2) is 17.6 Å². The standard InChI is InChI=1S/C22H39BN2O2S/c1-6-7-8-9-10-11-12-13-14-15-16-28-20-24-17-19(18-25-20)23-26-21(2,3)22(4,5)27-23/h17-18H,6-16H2,1-5H3. The molecule has 6 heteroatoms. The summed E-state index contributed by atoms with van der Waals surface area (Å²) in [4.78, 5) is 8.99. The molecule has 2 heterocycles. The van der Waals surface area contributed by atoms with Crippen LogP contribution in [0.25, 0.3) is 0 Å². The van der Waals surface area contributed by atoms with Gasteiger partial charge in [0.05, 0.1) is 11.2 Å². The summed E-state index contributed by atoms with van der Waals surface area (Å²) in [5.74, 6) is 1.09. The molecule has 4 nitrogen and oxygen atoms in total. The first-order valence-corrected chi connectivity index (χ1v) is 12.1. The van der Waals surface area contributed by atoms with Crippen LogP contribution >= 0.6 is 11.8 Å². The van der Waals surface area contributed by atoms with Crippen molar-refractivity contribution in [1.29, 1.82) is 0 Å². The van der Waals surface area contributed by atoms with Crippen LogP contribution in [0, 0.1) is 0 Å². The Kier molecular flexibility index (Phi) is 9.78. The van der Waals surface area contributed by atoms with Crippen molar-refractivity contribution in [3.05, 3.63) is 12.4 Å². The van der Waals surface area contributed by atoms with E-state index >= 15 is 0 Å². The van der Waals surface area contributed by atoms with Crippen molar-refractivity contribution in [2.24, 2.45) is 0 Å². The summed E-state index contributed by atoms with van der Waals surface area (Å²) in [6.07, 6.45) is 17.4. The SMILES string of the molecule is CCCCCCCCCCCCSc1ncc(B2OC(C)(C)C(C)(C)O2)cn1. The van der Waals surface area contributed by atoms with E-state index in [4.69, 9.17) is 9.31 Å². The lowest BCUT2D eigenvalue weighted by Crippen LogP contribution is -2.41. The van der Waals surface area contributed by atoms with Crippen molar-refractivity contribution < 1.29 is 9.31 Å². The van der Waals surface area contributed by atoms with Crippen LogP contribution in [-0.2, 0) is 9.31 Å². The normalized spacial score (nSPS) is 18.0. The minimum Gasteiger partial charge on any atom is -0.399 e. The fourth-order valence-corrected chi connectivity index (χ4v) is 4.04. The summed E-state index contributed by atoms with van der Waals surface area (Å²) in [5.41, 5.74) is 0.225. The Morgan fingerprint density at radius 1 is 0.786 bits per heavy atom. The predicted octanol–water partition coefficient (Wildman–Crippen LogP) is 5.79. The van der Waals surface area contributed by atoms with E-state index in [0.717, 1.165) is 16.4 Å². The molecule has 1 aromatic heterocycles. The minimum atomic E-state index is -0.383. The van der Waals surface area contributed by atoms with E-state index in [1.165, 1.54) is 64.2 Å². The second kappa shape index (κ2) is 11.6. The van der Waals surface area contributed by atoms with Crippen molar-refractivity contribution >= 4 is 24.3 Å². The molecule has 0 aromatic carbocycles. The third kappa shape index (κ3) is 7.35. The summed E-state index contributed by atoms with van der Waals surface area (Å²) in [7, 11) is -0.383. The zero-order valence-electron chi connectivity index (χ0n) is 18.6. The van der Waals surface area contributed by atoms with Gasteiger partial charge < -0.3 is 9.31 Å². The third-order valence-electron chi connectivity index (χ3n) is 5.90. The smallest absolute Gasteiger partial charge is 0.399 e. The fourth-order valence-electron chi connectivity index (χ4n) is 3.25. The Hall–Kier alpha value is -0.585. The Bertz CT molecular complexity index is 550. The van der Waals surface area contributed by atoms with E-state index < -0.39 is 0 Å². The van der Waals surface area contributed by atoms with Gasteiger partial charge in [0.1, 0.15) is 0 Å². The molecule has 1 fully saturated rings. The highest BCUT2D eigenvalue weighted by Crippen LogP contribution is 2.36. The molecule has 1 aromatic rings. The van der Waals surface area contributed by atoms with Crippen LogP contribution in [0.4, 0.5) is 0 Å². The van der Waals surface area contributed by atoms with Gasteiger partial charge in [0.25, 0.3) is 0 Å². The number of aromatic nitrogens is 2. The summed E-state index contributed by atoms with van der Waals surface area (Å²) in [6, 6.07) is 0. The highest BCUT2D eigenvalue weighted by atomic mass is 32.2. The van der Waals surface area contributed by atoms with E-state index in [-0.39, 0.29) is 18.3 Å². The number of hydrogen-bond donors (Lipinski definition) is 0. The summed E-state index contributed by atoms with van der Waals surface area (Å²) >= 11 is 1.74. The first kappa shape index (κ1) is 23.7. The molecule has 0 unspecified atom stereocenters. The molecule has 0 saturated carbocycles. The average molecular weight is 406 g/mol. The van der Waals surface area contributed by atoms with Gasteiger partial charge in [0.15, 0.2) is 5.16 Å². The van der Waals surface area contributed by atoms with E-state index in [1.54, 1.807) is 11.8 Å². The van der Waals surface area contributed by atoms with Gasteiger partial charge in [0.2, 0.25) is 0 Å². The minimum absolute atomic E-state index is 0.333. The summed E-state index contributed by atoms with van der Waals surface area (Å²) in [5, 5.41) is 0.844.